The Bertz CT molecular complexity index is 636. The average molecular weight is 357 g/mol. The quantitative estimate of drug-likeness (QED) is 0.602. The third-order valence-electron chi connectivity index (χ3n) is 3.59. The normalized spacial score (nSPS) is 15.7. The summed E-state index contributed by atoms with van der Waals surface area (Å²) >= 11 is 0. The molecule has 1 aromatic carbocycles. The lowest BCUT2D eigenvalue weighted by molar-refractivity contribution is -0.274. The Labute approximate surface area is 142 Å². The first kappa shape index (κ1) is 18.8. The molecule has 1 amide bonds. The van der Waals surface area contributed by atoms with Gasteiger partial charge in [0, 0.05) is 12.1 Å². The standard InChI is InChI=1S/C17H18F3NO4/c1-11(13-5-6-13)21-15(22)10-24-16(23)9-4-12-2-7-14(8-3-12)25-17(18,19)20/h2-4,7-9,11,13H,5-6,10H2,1H3,(H,21,22)/b9-4+/t11-/m1/s1. The van der Waals surface area contributed by atoms with E-state index in [2.05, 4.69) is 10.1 Å². The minimum atomic E-state index is -4.75. The van der Waals surface area contributed by atoms with Crippen molar-refractivity contribution >= 4 is 18.0 Å². The average Bonchev–Trinajstić information content (AvgIpc) is 3.35. The van der Waals surface area contributed by atoms with Gasteiger partial charge < -0.3 is 14.8 Å². The molecule has 0 heterocycles. The molecule has 0 aliphatic heterocycles. The number of hydrogen-bond acceptors (Lipinski definition) is 4. The molecule has 1 atom stereocenters. The van der Waals surface area contributed by atoms with Crippen LogP contribution in [-0.4, -0.2) is 30.9 Å². The van der Waals surface area contributed by atoms with Crippen LogP contribution in [0.15, 0.2) is 30.3 Å². The van der Waals surface area contributed by atoms with Gasteiger partial charge in [0.15, 0.2) is 6.61 Å². The van der Waals surface area contributed by atoms with Crippen LogP contribution < -0.4 is 10.1 Å². The van der Waals surface area contributed by atoms with Crippen LogP contribution in [0.5, 0.6) is 5.75 Å². The number of carbonyl (C=O) groups excluding carboxylic acids is 2. The van der Waals surface area contributed by atoms with Crippen molar-refractivity contribution in [3.05, 3.63) is 35.9 Å². The molecule has 5 nitrogen and oxygen atoms in total. The van der Waals surface area contributed by atoms with Crippen LogP contribution in [0.2, 0.25) is 0 Å². The molecule has 0 radical (unpaired) electrons. The van der Waals surface area contributed by atoms with Crippen LogP contribution >= 0.6 is 0 Å². The van der Waals surface area contributed by atoms with E-state index in [4.69, 9.17) is 4.74 Å². The monoisotopic (exact) mass is 357 g/mol. The van der Waals surface area contributed by atoms with Gasteiger partial charge in [-0.2, -0.15) is 0 Å². The lowest BCUT2D eigenvalue weighted by Crippen LogP contribution is -2.36. The molecule has 1 aliphatic rings. The fourth-order valence-corrected chi connectivity index (χ4v) is 2.14. The van der Waals surface area contributed by atoms with Crippen molar-refractivity contribution in [1.29, 1.82) is 0 Å². The van der Waals surface area contributed by atoms with E-state index >= 15 is 0 Å². The molecule has 0 bridgehead atoms. The second-order valence-electron chi connectivity index (χ2n) is 5.75. The first-order chi connectivity index (χ1) is 11.7. The molecule has 1 N–H and O–H groups in total. The third-order valence-corrected chi connectivity index (χ3v) is 3.59. The van der Waals surface area contributed by atoms with E-state index in [0.29, 0.717) is 11.5 Å². The van der Waals surface area contributed by atoms with Gasteiger partial charge in [-0.25, -0.2) is 4.79 Å². The Morgan fingerprint density at radius 2 is 1.92 bits per heavy atom. The number of ether oxygens (including phenoxy) is 2. The molecule has 0 aromatic heterocycles. The summed E-state index contributed by atoms with van der Waals surface area (Å²) < 4.78 is 44.7. The van der Waals surface area contributed by atoms with Crippen LogP contribution in [0.4, 0.5) is 13.2 Å². The molecule has 8 heteroatoms. The zero-order valence-electron chi connectivity index (χ0n) is 13.5. The zero-order chi connectivity index (χ0) is 18.4. The van der Waals surface area contributed by atoms with E-state index in [1.165, 1.54) is 18.2 Å². The smallest absolute Gasteiger partial charge is 0.452 e. The van der Waals surface area contributed by atoms with Crippen LogP contribution in [0, 0.1) is 5.92 Å². The second kappa shape index (κ2) is 8.04. The summed E-state index contributed by atoms with van der Waals surface area (Å²) in [6.07, 6.45) is -0.103. The molecule has 2 rings (SSSR count). The topological polar surface area (TPSA) is 64.6 Å². The van der Waals surface area contributed by atoms with Crippen molar-refractivity contribution in [2.24, 2.45) is 5.92 Å². The highest BCUT2D eigenvalue weighted by Gasteiger charge is 2.31. The maximum absolute atomic E-state index is 12.0. The van der Waals surface area contributed by atoms with E-state index in [1.807, 2.05) is 6.92 Å². The van der Waals surface area contributed by atoms with Crippen molar-refractivity contribution in [2.75, 3.05) is 6.61 Å². The molecule has 0 unspecified atom stereocenters. The summed E-state index contributed by atoms with van der Waals surface area (Å²) in [6, 6.07) is 5.04. The van der Waals surface area contributed by atoms with E-state index in [-0.39, 0.29) is 24.3 Å². The lowest BCUT2D eigenvalue weighted by Gasteiger charge is -2.12. The minimum Gasteiger partial charge on any atom is -0.452 e. The van der Waals surface area contributed by atoms with E-state index in [0.717, 1.165) is 31.1 Å². The predicted molar refractivity (Wildman–Crippen MR) is 83.4 cm³/mol. The Balaban J connectivity index is 1.74. The van der Waals surface area contributed by atoms with Gasteiger partial charge in [-0.15, -0.1) is 13.2 Å². The van der Waals surface area contributed by atoms with Gasteiger partial charge in [-0.3, -0.25) is 4.79 Å². The van der Waals surface area contributed by atoms with Gasteiger partial charge in [0.2, 0.25) is 0 Å². The third kappa shape index (κ3) is 7.28. The summed E-state index contributed by atoms with van der Waals surface area (Å²) in [4.78, 5) is 23.1. The minimum absolute atomic E-state index is 0.0687. The molecule has 0 spiro atoms. The molecule has 136 valence electrons. The van der Waals surface area contributed by atoms with Gasteiger partial charge in [0.05, 0.1) is 0 Å². The van der Waals surface area contributed by atoms with Gasteiger partial charge >= 0.3 is 12.3 Å². The highest BCUT2D eigenvalue weighted by Crippen LogP contribution is 2.32. The van der Waals surface area contributed by atoms with Crippen molar-refractivity contribution in [3.63, 3.8) is 0 Å². The number of esters is 1. The van der Waals surface area contributed by atoms with Crippen LogP contribution in [0.25, 0.3) is 6.08 Å². The molecular weight excluding hydrogens is 339 g/mol. The van der Waals surface area contributed by atoms with Crippen LogP contribution in [-0.2, 0) is 14.3 Å². The van der Waals surface area contributed by atoms with Crippen LogP contribution in [0.3, 0.4) is 0 Å². The Hall–Kier alpha value is -2.51. The maximum Gasteiger partial charge on any atom is 0.573 e. The SMILES string of the molecule is C[C@@H](NC(=O)COC(=O)/C=C/c1ccc(OC(F)(F)F)cc1)C1CC1. The van der Waals surface area contributed by atoms with Crippen molar-refractivity contribution in [1.82, 2.24) is 5.32 Å². The summed E-state index contributed by atoms with van der Waals surface area (Å²) in [7, 11) is 0. The number of halogens is 3. The number of amides is 1. The molecule has 1 aromatic rings. The second-order valence-corrected chi connectivity index (χ2v) is 5.75. The van der Waals surface area contributed by atoms with E-state index in [9.17, 15) is 22.8 Å². The summed E-state index contributed by atoms with van der Waals surface area (Å²) in [5.74, 6) is -0.933. The molecular formula is C17H18F3NO4. The molecule has 25 heavy (non-hydrogen) atoms. The van der Waals surface area contributed by atoms with Crippen LogP contribution in [0.1, 0.15) is 25.3 Å². The molecule has 1 fully saturated rings. The van der Waals surface area contributed by atoms with Gasteiger partial charge in [0.1, 0.15) is 5.75 Å². The number of alkyl halides is 3. The highest BCUT2D eigenvalue weighted by molar-refractivity contribution is 5.89. The molecule has 0 saturated heterocycles. The Morgan fingerprint density at radius 3 is 2.48 bits per heavy atom. The van der Waals surface area contributed by atoms with E-state index < -0.39 is 12.3 Å². The molecule has 1 aliphatic carbocycles. The van der Waals surface area contributed by atoms with Gasteiger partial charge in [-0.1, -0.05) is 12.1 Å². The van der Waals surface area contributed by atoms with Gasteiger partial charge in [-0.05, 0) is 49.5 Å². The molecule has 1 saturated carbocycles. The van der Waals surface area contributed by atoms with E-state index in [1.54, 1.807) is 0 Å². The Kier molecular flexibility index (Phi) is 6.06. The fraction of sp³-hybridized carbons (Fsp3) is 0.412. The first-order valence-electron chi connectivity index (χ1n) is 7.73. The number of rotatable bonds is 7. The first-order valence-corrected chi connectivity index (χ1v) is 7.73. The lowest BCUT2D eigenvalue weighted by atomic mass is 10.2. The highest BCUT2D eigenvalue weighted by atomic mass is 19.4. The summed E-state index contributed by atoms with van der Waals surface area (Å²) in [5.41, 5.74) is 0.485. The summed E-state index contributed by atoms with van der Waals surface area (Å²) in [6.45, 7) is 1.53. The Morgan fingerprint density at radius 1 is 1.28 bits per heavy atom. The fourth-order valence-electron chi connectivity index (χ4n) is 2.14. The number of carbonyl (C=O) groups is 2. The van der Waals surface area contributed by atoms with Crippen molar-refractivity contribution in [2.45, 2.75) is 32.2 Å². The number of hydrogen-bond donors (Lipinski definition) is 1. The maximum atomic E-state index is 12.0. The zero-order valence-corrected chi connectivity index (χ0v) is 13.5. The van der Waals surface area contributed by atoms with Gasteiger partial charge in [0.25, 0.3) is 5.91 Å². The number of benzene rings is 1. The predicted octanol–water partition coefficient (Wildman–Crippen LogP) is 3.06. The van der Waals surface area contributed by atoms with Crippen molar-refractivity contribution < 1.29 is 32.2 Å². The van der Waals surface area contributed by atoms with Crippen molar-refractivity contribution in [3.8, 4) is 5.75 Å². The summed E-state index contributed by atoms with van der Waals surface area (Å²) in [5, 5.41) is 2.75. The number of nitrogens with one attached hydrogen (secondary N) is 1. The largest absolute Gasteiger partial charge is 0.573 e.